The van der Waals surface area contributed by atoms with E-state index in [2.05, 4.69) is 10.2 Å². The molecule has 5 rings (SSSR count). The lowest BCUT2D eigenvalue weighted by Crippen LogP contribution is -2.23. The van der Waals surface area contributed by atoms with Gasteiger partial charge in [0.15, 0.2) is 5.65 Å². The molecule has 10 heteroatoms. The molecule has 0 aliphatic heterocycles. The van der Waals surface area contributed by atoms with Crippen molar-refractivity contribution in [2.24, 2.45) is 0 Å². The van der Waals surface area contributed by atoms with Gasteiger partial charge in [-0.15, -0.1) is 10.2 Å². The quantitative estimate of drug-likeness (QED) is 0.287. The van der Waals surface area contributed by atoms with Gasteiger partial charge in [0.1, 0.15) is 6.61 Å². The number of hydrogen-bond donors (Lipinski definition) is 0. The Labute approximate surface area is 208 Å². The lowest BCUT2D eigenvalue weighted by atomic mass is 10.1. The van der Waals surface area contributed by atoms with Gasteiger partial charge >= 0.3 is 11.9 Å². The first kappa shape index (κ1) is 23.6. The van der Waals surface area contributed by atoms with Crippen LogP contribution in [-0.4, -0.2) is 19.4 Å². The molecule has 6 nitrogen and oxygen atoms in total. The standard InChI is InChI=1S/C26H18ClF3N4O2/c27-21-12-8-19(9-13-21)22-14-23-31-33(15-17-6-10-20(11-7-17)26(28,29)30)25(35)34(23)32-24(22)36-16-18-4-2-1-3-5-18/h1-14H,15-16H2. The van der Waals surface area contributed by atoms with Gasteiger partial charge in [-0.1, -0.05) is 66.2 Å². The second kappa shape index (κ2) is 9.50. The van der Waals surface area contributed by atoms with E-state index in [-0.39, 0.29) is 24.7 Å². The SMILES string of the molecule is O=c1n(Cc2ccc(C(F)(F)F)cc2)nc2cc(-c3ccc(Cl)cc3)c(OCc3ccccc3)nn12. The Morgan fingerprint density at radius 2 is 1.56 bits per heavy atom. The fraction of sp³-hybridized carbons (Fsp3) is 0.115. The lowest BCUT2D eigenvalue weighted by Gasteiger charge is -2.11. The van der Waals surface area contributed by atoms with Crippen molar-refractivity contribution >= 4 is 17.2 Å². The van der Waals surface area contributed by atoms with E-state index < -0.39 is 17.4 Å². The third kappa shape index (κ3) is 4.96. The summed E-state index contributed by atoms with van der Waals surface area (Å²) in [6.07, 6.45) is -4.43. The van der Waals surface area contributed by atoms with Gasteiger partial charge in [0.2, 0.25) is 5.88 Å². The molecule has 5 aromatic rings. The Kier molecular flexibility index (Phi) is 6.24. The first-order chi connectivity index (χ1) is 17.3. The molecule has 182 valence electrons. The number of hydrogen-bond acceptors (Lipinski definition) is 4. The van der Waals surface area contributed by atoms with E-state index in [0.29, 0.717) is 16.1 Å². The number of halogens is 4. The molecule has 0 aliphatic carbocycles. The van der Waals surface area contributed by atoms with Gasteiger partial charge in [-0.05, 0) is 47.0 Å². The second-order valence-electron chi connectivity index (χ2n) is 8.05. The van der Waals surface area contributed by atoms with Crippen molar-refractivity contribution in [3.05, 3.63) is 117 Å². The van der Waals surface area contributed by atoms with E-state index in [1.54, 1.807) is 18.2 Å². The molecule has 0 unspecified atom stereocenters. The molecule has 0 bridgehead atoms. The largest absolute Gasteiger partial charge is 0.471 e. The van der Waals surface area contributed by atoms with Gasteiger partial charge in [0.05, 0.1) is 12.1 Å². The van der Waals surface area contributed by atoms with Crippen LogP contribution in [0.4, 0.5) is 13.2 Å². The van der Waals surface area contributed by atoms with Crippen LogP contribution in [0.3, 0.4) is 0 Å². The van der Waals surface area contributed by atoms with E-state index in [9.17, 15) is 18.0 Å². The Bertz CT molecular complexity index is 1560. The maximum atomic E-state index is 13.0. The van der Waals surface area contributed by atoms with E-state index in [1.807, 2.05) is 42.5 Å². The maximum absolute atomic E-state index is 13.0. The first-order valence-electron chi connectivity index (χ1n) is 10.9. The molecule has 0 saturated heterocycles. The summed E-state index contributed by atoms with van der Waals surface area (Å²) in [5.41, 5.74) is 1.76. The highest BCUT2D eigenvalue weighted by atomic mass is 35.5. The summed E-state index contributed by atoms with van der Waals surface area (Å²) in [4.78, 5) is 13.0. The van der Waals surface area contributed by atoms with Crippen molar-refractivity contribution in [2.45, 2.75) is 19.3 Å². The number of ether oxygens (including phenoxy) is 1. The van der Waals surface area contributed by atoms with Gasteiger partial charge in [0.25, 0.3) is 0 Å². The molecular formula is C26H18ClF3N4O2. The molecule has 0 atom stereocenters. The molecule has 0 N–H and O–H groups in total. The monoisotopic (exact) mass is 510 g/mol. The number of rotatable bonds is 6. The zero-order chi connectivity index (χ0) is 25.3. The number of aromatic nitrogens is 4. The normalized spacial score (nSPS) is 11.7. The zero-order valence-electron chi connectivity index (χ0n) is 18.6. The Morgan fingerprint density at radius 3 is 2.22 bits per heavy atom. The summed E-state index contributed by atoms with van der Waals surface area (Å²) in [5, 5.41) is 9.32. The molecule has 36 heavy (non-hydrogen) atoms. The molecule has 2 heterocycles. The number of fused-ring (bicyclic) bond motifs is 1. The summed E-state index contributed by atoms with van der Waals surface area (Å²) in [5.74, 6) is 0.227. The van der Waals surface area contributed by atoms with E-state index >= 15 is 0 Å². The molecule has 0 amide bonds. The van der Waals surface area contributed by atoms with Gasteiger partial charge in [-0.3, -0.25) is 0 Å². The molecule has 0 saturated carbocycles. The number of alkyl halides is 3. The maximum Gasteiger partial charge on any atom is 0.416 e. The van der Waals surface area contributed by atoms with Crippen molar-refractivity contribution < 1.29 is 17.9 Å². The van der Waals surface area contributed by atoms with Gasteiger partial charge < -0.3 is 4.74 Å². The fourth-order valence-electron chi connectivity index (χ4n) is 3.68. The summed E-state index contributed by atoms with van der Waals surface area (Å²) < 4.78 is 46.8. The average Bonchev–Trinajstić information content (AvgIpc) is 3.17. The van der Waals surface area contributed by atoms with Crippen LogP contribution in [0, 0.1) is 0 Å². The van der Waals surface area contributed by atoms with Crippen LogP contribution in [0.5, 0.6) is 5.88 Å². The van der Waals surface area contributed by atoms with Crippen molar-refractivity contribution in [3.63, 3.8) is 0 Å². The minimum atomic E-state index is -4.43. The van der Waals surface area contributed by atoms with Crippen LogP contribution in [0.1, 0.15) is 16.7 Å². The summed E-state index contributed by atoms with van der Waals surface area (Å²) >= 11 is 6.04. The highest BCUT2D eigenvalue weighted by molar-refractivity contribution is 6.30. The van der Waals surface area contributed by atoms with Crippen molar-refractivity contribution in [1.29, 1.82) is 0 Å². The number of benzene rings is 3. The van der Waals surface area contributed by atoms with Crippen LogP contribution in [0.2, 0.25) is 5.02 Å². The Hall–Kier alpha value is -4.11. The molecular weight excluding hydrogens is 493 g/mol. The van der Waals surface area contributed by atoms with Gasteiger partial charge in [-0.25, -0.2) is 9.48 Å². The summed E-state index contributed by atoms with van der Waals surface area (Å²) in [7, 11) is 0. The molecule has 0 aliphatic rings. The highest BCUT2D eigenvalue weighted by Crippen LogP contribution is 2.31. The third-order valence-electron chi connectivity index (χ3n) is 5.52. The fourth-order valence-corrected chi connectivity index (χ4v) is 3.81. The Morgan fingerprint density at radius 1 is 0.861 bits per heavy atom. The smallest absolute Gasteiger partial charge is 0.416 e. The highest BCUT2D eigenvalue weighted by Gasteiger charge is 2.30. The predicted molar refractivity (Wildman–Crippen MR) is 129 cm³/mol. The zero-order valence-corrected chi connectivity index (χ0v) is 19.4. The van der Waals surface area contributed by atoms with Crippen LogP contribution < -0.4 is 10.4 Å². The lowest BCUT2D eigenvalue weighted by molar-refractivity contribution is -0.137. The van der Waals surface area contributed by atoms with Crippen molar-refractivity contribution in [3.8, 4) is 17.0 Å². The Balaban J connectivity index is 1.52. The van der Waals surface area contributed by atoms with Crippen LogP contribution in [0.15, 0.2) is 89.7 Å². The van der Waals surface area contributed by atoms with E-state index in [1.165, 1.54) is 12.1 Å². The summed E-state index contributed by atoms with van der Waals surface area (Å²) in [6.45, 7) is 0.213. The number of nitrogens with zero attached hydrogens (tertiary/aromatic N) is 4. The summed E-state index contributed by atoms with van der Waals surface area (Å²) in [6, 6.07) is 22.9. The third-order valence-corrected chi connectivity index (χ3v) is 5.78. The molecule has 0 fully saturated rings. The molecule has 0 spiro atoms. The van der Waals surface area contributed by atoms with Crippen molar-refractivity contribution in [2.75, 3.05) is 0 Å². The topological polar surface area (TPSA) is 61.4 Å². The molecule has 2 aromatic heterocycles. The van der Waals surface area contributed by atoms with Crippen LogP contribution in [0.25, 0.3) is 16.8 Å². The van der Waals surface area contributed by atoms with E-state index in [4.69, 9.17) is 16.3 Å². The van der Waals surface area contributed by atoms with Crippen LogP contribution >= 0.6 is 11.6 Å². The van der Waals surface area contributed by atoms with Gasteiger partial charge in [0, 0.05) is 10.6 Å². The first-order valence-corrected chi connectivity index (χ1v) is 11.3. The van der Waals surface area contributed by atoms with Crippen LogP contribution in [-0.2, 0) is 19.3 Å². The molecule has 0 radical (unpaired) electrons. The molecule has 3 aromatic carbocycles. The van der Waals surface area contributed by atoms with E-state index in [0.717, 1.165) is 32.5 Å². The average molecular weight is 511 g/mol. The minimum absolute atomic E-state index is 0.0170. The minimum Gasteiger partial charge on any atom is -0.471 e. The second-order valence-corrected chi connectivity index (χ2v) is 8.49. The predicted octanol–water partition coefficient (Wildman–Crippen LogP) is 5.86. The van der Waals surface area contributed by atoms with Crippen molar-refractivity contribution in [1.82, 2.24) is 19.4 Å². The van der Waals surface area contributed by atoms with Gasteiger partial charge in [-0.2, -0.15) is 17.7 Å².